The van der Waals surface area contributed by atoms with Crippen LogP contribution in [0.2, 0.25) is 0 Å². The summed E-state index contributed by atoms with van der Waals surface area (Å²) in [6, 6.07) is 0. The second-order valence-electron chi connectivity index (χ2n) is 2.31. The van der Waals surface area contributed by atoms with Crippen molar-refractivity contribution in [2.45, 2.75) is 5.16 Å². The molecule has 0 saturated carbocycles. The Balaban J connectivity index is 3.34. The van der Waals surface area contributed by atoms with Gasteiger partial charge in [-0.25, -0.2) is 13.6 Å². The van der Waals surface area contributed by atoms with Crippen LogP contribution in [0.4, 0.5) is 0 Å². The summed E-state index contributed by atoms with van der Waals surface area (Å²) in [4.78, 5) is 3.95. The molecular weight excluding hydrogens is 162 g/mol. The fraction of sp³-hybridized carbons (Fsp3) is 0.500. The van der Waals surface area contributed by atoms with E-state index in [0.29, 0.717) is 5.16 Å². The normalized spacial score (nSPS) is 15.9. The Labute approximate surface area is 66.4 Å². The molecule has 0 radical (unpaired) electrons. The van der Waals surface area contributed by atoms with E-state index >= 15 is 0 Å². The smallest absolute Gasteiger partial charge is 0.207 e. The second-order valence-corrected chi connectivity index (χ2v) is 4.64. The van der Waals surface area contributed by atoms with Crippen molar-refractivity contribution in [1.29, 1.82) is 0 Å². The van der Waals surface area contributed by atoms with Crippen molar-refractivity contribution in [2.24, 2.45) is 11.4 Å². The summed E-state index contributed by atoms with van der Waals surface area (Å²) in [5.41, 5.74) is 0. The van der Waals surface area contributed by atoms with Crippen molar-refractivity contribution in [3.8, 4) is 0 Å². The van der Waals surface area contributed by atoms with E-state index in [4.69, 9.17) is 0 Å². The molecule has 1 rings (SSSR count). The van der Waals surface area contributed by atoms with Gasteiger partial charge in [-0.1, -0.05) is 0 Å². The highest BCUT2D eigenvalue weighted by atomic mass is 32.2. The highest BCUT2D eigenvalue weighted by Gasteiger charge is 2.08. The maximum absolute atomic E-state index is 11.6. The number of hydrogen-bond donors (Lipinski definition) is 0. The largest absolute Gasteiger partial charge is 0.326 e. The minimum Gasteiger partial charge on any atom is -0.326 e. The van der Waals surface area contributed by atoms with Crippen LogP contribution < -0.4 is 0 Å². The van der Waals surface area contributed by atoms with E-state index in [1.807, 2.05) is 0 Å². The number of nitrogens with zero attached hydrogens (tertiary/aromatic N) is 3. The van der Waals surface area contributed by atoms with Gasteiger partial charge in [0.15, 0.2) is 0 Å². The number of rotatable bonds is 1. The van der Waals surface area contributed by atoms with Gasteiger partial charge in [-0.2, -0.15) is 0 Å². The van der Waals surface area contributed by atoms with Crippen LogP contribution in [0, 0.1) is 0 Å². The van der Waals surface area contributed by atoms with E-state index < -0.39 is 9.73 Å². The van der Waals surface area contributed by atoms with Gasteiger partial charge >= 0.3 is 0 Å². The Morgan fingerprint density at radius 1 is 1.73 bits per heavy atom. The van der Waals surface area contributed by atoms with E-state index in [1.54, 1.807) is 30.3 Å². The predicted molar refractivity (Wildman–Crippen MR) is 43.9 cm³/mol. The third-order valence-corrected chi connectivity index (χ3v) is 3.23. The van der Waals surface area contributed by atoms with Gasteiger partial charge in [0, 0.05) is 32.7 Å². The van der Waals surface area contributed by atoms with Crippen LogP contribution >= 0.6 is 0 Å². The molecule has 0 bridgehead atoms. The van der Waals surface area contributed by atoms with Gasteiger partial charge in [0.1, 0.15) is 9.73 Å². The number of aromatic nitrogens is 2. The summed E-state index contributed by atoms with van der Waals surface area (Å²) in [7, 11) is 1.08. The maximum atomic E-state index is 11.6. The minimum atomic E-state index is -2.26. The van der Waals surface area contributed by atoms with Crippen LogP contribution in [0.15, 0.2) is 21.9 Å². The molecule has 0 unspecified atom stereocenters. The Hall–Kier alpha value is -0.840. The fourth-order valence-corrected chi connectivity index (χ4v) is 1.81. The molecule has 62 valence electrons. The number of hydrogen-bond acceptors (Lipinski definition) is 3. The maximum Gasteiger partial charge on any atom is 0.207 e. The molecule has 1 atom stereocenters. The molecule has 1 aromatic heterocycles. The van der Waals surface area contributed by atoms with Gasteiger partial charge < -0.3 is 4.57 Å². The first-order valence-corrected chi connectivity index (χ1v) is 5.08. The average Bonchev–Trinajstić information content (AvgIpc) is 2.36. The zero-order chi connectivity index (χ0) is 8.48. The van der Waals surface area contributed by atoms with Crippen molar-refractivity contribution in [2.75, 3.05) is 13.3 Å². The van der Waals surface area contributed by atoms with Crippen LogP contribution in [0.1, 0.15) is 0 Å². The van der Waals surface area contributed by atoms with Crippen LogP contribution in [-0.2, 0) is 16.8 Å². The highest BCUT2D eigenvalue weighted by molar-refractivity contribution is 7.92. The lowest BCUT2D eigenvalue weighted by Gasteiger charge is -2.00. The van der Waals surface area contributed by atoms with E-state index in [9.17, 15) is 4.21 Å². The summed E-state index contributed by atoms with van der Waals surface area (Å²) in [6.45, 7) is 0. The van der Waals surface area contributed by atoms with Crippen LogP contribution in [-0.4, -0.2) is 27.1 Å². The highest BCUT2D eigenvalue weighted by Crippen LogP contribution is 2.05. The molecule has 11 heavy (non-hydrogen) atoms. The second kappa shape index (κ2) is 2.65. The Kier molecular flexibility index (Phi) is 1.99. The number of aryl methyl sites for hydroxylation is 1. The molecule has 1 heterocycles. The third-order valence-electron chi connectivity index (χ3n) is 1.46. The van der Waals surface area contributed by atoms with Crippen LogP contribution in [0.3, 0.4) is 0 Å². The number of imidazole rings is 1. The molecule has 0 N–H and O–H groups in total. The summed E-state index contributed by atoms with van der Waals surface area (Å²) in [5, 5.41) is 0.528. The summed E-state index contributed by atoms with van der Waals surface area (Å²) >= 11 is 0. The van der Waals surface area contributed by atoms with E-state index in [-0.39, 0.29) is 0 Å². The zero-order valence-corrected chi connectivity index (χ0v) is 7.63. The van der Waals surface area contributed by atoms with Gasteiger partial charge in [-0.05, 0) is 0 Å². The molecule has 0 aliphatic carbocycles. The van der Waals surface area contributed by atoms with Crippen LogP contribution in [0.25, 0.3) is 0 Å². The fourth-order valence-electron chi connectivity index (χ4n) is 0.799. The summed E-state index contributed by atoms with van der Waals surface area (Å²) in [5.74, 6) is 0. The van der Waals surface area contributed by atoms with E-state index in [2.05, 4.69) is 9.35 Å². The van der Waals surface area contributed by atoms with Gasteiger partial charge in [-0.15, -0.1) is 0 Å². The van der Waals surface area contributed by atoms with Gasteiger partial charge in [-0.3, -0.25) is 0 Å². The van der Waals surface area contributed by atoms with E-state index in [1.165, 1.54) is 7.05 Å². The first kappa shape index (κ1) is 8.26. The Morgan fingerprint density at radius 2 is 2.36 bits per heavy atom. The molecule has 0 aliphatic heterocycles. The monoisotopic (exact) mass is 173 g/mol. The Morgan fingerprint density at radius 3 is 2.73 bits per heavy atom. The molecule has 0 aliphatic rings. The lowest BCUT2D eigenvalue weighted by Crippen LogP contribution is -2.05. The molecule has 0 saturated heterocycles. The van der Waals surface area contributed by atoms with Crippen molar-refractivity contribution in [3.63, 3.8) is 0 Å². The topological polar surface area (TPSA) is 47.2 Å². The van der Waals surface area contributed by atoms with Gasteiger partial charge in [0.25, 0.3) is 0 Å². The molecule has 0 spiro atoms. The molecular formula is C6H11N3OS. The summed E-state index contributed by atoms with van der Waals surface area (Å²) in [6.07, 6.45) is 4.95. The minimum absolute atomic E-state index is 0.528. The van der Waals surface area contributed by atoms with Crippen molar-refractivity contribution >= 4 is 9.73 Å². The molecule has 0 fully saturated rings. The van der Waals surface area contributed by atoms with Crippen molar-refractivity contribution in [3.05, 3.63) is 12.4 Å². The van der Waals surface area contributed by atoms with Gasteiger partial charge in [0.05, 0.1) is 0 Å². The third kappa shape index (κ3) is 1.42. The molecule has 0 amide bonds. The molecule has 0 aromatic carbocycles. The SMILES string of the molecule is CN=[S@@](C)(=O)c1nccn1C. The van der Waals surface area contributed by atoms with Crippen molar-refractivity contribution < 1.29 is 4.21 Å². The lowest BCUT2D eigenvalue weighted by atomic mass is 10.9. The molecule has 1 aromatic rings. The van der Waals surface area contributed by atoms with E-state index in [0.717, 1.165) is 0 Å². The Bertz CT molecular complexity index is 360. The lowest BCUT2D eigenvalue weighted by molar-refractivity contribution is 0.661. The molecule has 4 nitrogen and oxygen atoms in total. The average molecular weight is 173 g/mol. The predicted octanol–water partition coefficient (Wildman–Crippen LogP) is 0.507. The van der Waals surface area contributed by atoms with Crippen LogP contribution in [0.5, 0.6) is 0 Å². The first-order valence-electron chi connectivity index (χ1n) is 3.15. The van der Waals surface area contributed by atoms with Gasteiger partial charge in [0.2, 0.25) is 5.16 Å². The first-order chi connectivity index (χ1) is 5.08. The van der Waals surface area contributed by atoms with Crippen molar-refractivity contribution in [1.82, 2.24) is 9.55 Å². The summed E-state index contributed by atoms with van der Waals surface area (Å²) < 4.78 is 17.1. The molecule has 5 heteroatoms. The standard InChI is InChI=1S/C6H11N3OS/c1-7-11(3,10)6-8-4-5-9(6)2/h4-5H,1-3H3/t11-/m0/s1. The zero-order valence-electron chi connectivity index (χ0n) is 6.81. The quantitative estimate of drug-likeness (QED) is 0.621.